The van der Waals surface area contributed by atoms with Gasteiger partial charge in [-0.2, -0.15) is 5.10 Å². The maximum atomic E-state index is 6.57. The van der Waals surface area contributed by atoms with Crippen molar-refractivity contribution in [3.63, 3.8) is 0 Å². The molecule has 3 aromatic rings. The van der Waals surface area contributed by atoms with E-state index in [-0.39, 0.29) is 0 Å². The van der Waals surface area contributed by atoms with Crippen molar-refractivity contribution in [1.29, 1.82) is 0 Å². The first kappa shape index (κ1) is 21.1. The van der Waals surface area contributed by atoms with Crippen LogP contribution in [0.1, 0.15) is 42.5 Å². The topological polar surface area (TPSA) is 60.6 Å². The Morgan fingerprint density at radius 2 is 1.96 bits per heavy atom. The zero-order chi connectivity index (χ0) is 20.3. The van der Waals surface area contributed by atoms with Crippen LogP contribution in [0.25, 0.3) is 0 Å². The molecule has 28 heavy (non-hydrogen) atoms. The molecular formula is C19H23Cl3N6. The van der Waals surface area contributed by atoms with Crippen molar-refractivity contribution in [3.8, 4) is 0 Å². The van der Waals surface area contributed by atoms with Gasteiger partial charge in [0.05, 0.1) is 12.2 Å². The number of aryl methyl sites for hydroxylation is 1. The Hall–Kier alpha value is -1.60. The van der Waals surface area contributed by atoms with Crippen molar-refractivity contribution in [3.05, 3.63) is 62.4 Å². The first-order chi connectivity index (χ1) is 13.4. The number of nitrogens with one attached hydrogen (secondary N) is 1. The molecule has 0 fully saturated rings. The van der Waals surface area contributed by atoms with Crippen molar-refractivity contribution in [1.82, 2.24) is 29.9 Å². The van der Waals surface area contributed by atoms with E-state index in [0.717, 1.165) is 35.6 Å². The summed E-state index contributed by atoms with van der Waals surface area (Å²) < 4.78 is 3.84. The van der Waals surface area contributed by atoms with Gasteiger partial charge in [0.15, 0.2) is 0 Å². The van der Waals surface area contributed by atoms with Crippen molar-refractivity contribution in [2.24, 2.45) is 0 Å². The van der Waals surface area contributed by atoms with Gasteiger partial charge in [0, 0.05) is 41.2 Å². The minimum absolute atomic E-state index is 0.347. The standard InChI is InChI=1S/C19H23Cl3N6/c1-12(2)27-11-24-25-18(27)6-7-23-9-16-13(3)26-28(19(16)22)10-14-4-5-15(20)8-17(14)21/h4-5,8,11-12,23H,6-7,9-10H2,1-3H3. The van der Waals surface area contributed by atoms with E-state index in [2.05, 4.69) is 39.0 Å². The molecular weight excluding hydrogens is 419 g/mol. The molecule has 0 radical (unpaired) electrons. The second kappa shape index (κ2) is 9.27. The van der Waals surface area contributed by atoms with Gasteiger partial charge in [-0.3, -0.25) is 0 Å². The molecule has 0 saturated heterocycles. The van der Waals surface area contributed by atoms with Crippen LogP contribution in [0.4, 0.5) is 0 Å². The lowest BCUT2D eigenvalue weighted by molar-refractivity contribution is 0.554. The summed E-state index contributed by atoms with van der Waals surface area (Å²) in [6.07, 6.45) is 2.57. The Morgan fingerprint density at radius 3 is 2.68 bits per heavy atom. The largest absolute Gasteiger partial charge is 0.315 e. The minimum atomic E-state index is 0.347. The van der Waals surface area contributed by atoms with Crippen molar-refractivity contribution in [2.75, 3.05) is 6.54 Å². The molecule has 9 heteroatoms. The van der Waals surface area contributed by atoms with E-state index < -0.39 is 0 Å². The number of hydrogen-bond acceptors (Lipinski definition) is 4. The fraction of sp³-hybridized carbons (Fsp3) is 0.421. The summed E-state index contributed by atoms with van der Waals surface area (Å²) in [7, 11) is 0. The van der Waals surface area contributed by atoms with Crippen molar-refractivity contribution >= 4 is 34.8 Å². The number of rotatable bonds is 8. The quantitative estimate of drug-likeness (QED) is 0.515. The van der Waals surface area contributed by atoms with Crippen LogP contribution in [0, 0.1) is 6.92 Å². The van der Waals surface area contributed by atoms with Gasteiger partial charge < -0.3 is 9.88 Å². The van der Waals surface area contributed by atoms with Gasteiger partial charge in [0.2, 0.25) is 0 Å². The highest BCUT2D eigenvalue weighted by atomic mass is 35.5. The third-order valence-corrected chi connectivity index (χ3v) is 5.56. The minimum Gasteiger partial charge on any atom is -0.315 e. The van der Waals surface area contributed by atoms with Crippen LogP contribution in [0.2, 0.25) is 15.2 Å². The van der Waals surface area contributed by atoms with Crippen LogP contribution in [0.15, 0.2) is 24.5 Å². The van der Waals surface area contributed by atoms with Gasteiger partial charge in [-0.05, 0) is 38.5 Å². The average Bonchev–Trinajstić information content (AvgIpc) is 3.20. The SMILES string of the molecule is Cc1nn(Cc2ccc(Cl)cc2Cl)c(Cl)c1CNCCc1nncn1C(C)C. The maximum absolute atomic E-state index is 6.57. The Morgan fingerprint density at radius 1 is 1.18 bits per heavy atom. The lowest BCUT2D eigenvalue weighted by Gasteiger charge is -2.10. The van der Waals surface area contributed by atoms with E-state index in [1.807, 2.05) is 19.1 Å². The fourth-order valence-corrected chi connectivity index (χ4v) is 3.77. The van der Waals surface area contributed by atoms with Gasteiger partial charge in [0.1, 0.15) is 17.3 Å². The van der Waals surface area contributed by atoms with Crippen LogP contribution in [0.3, 0.4) is 0 Å². The molecule has 0 spiro atoms. The molecule has 3 rings (SSSR count). The van der Waals surface area contributed by atoms with Crippen molar-refractivity contribution < 1.29 is 0 Å². The molecule has 150 valence electrons. The van der Waals surface area contributed by atoms with Gasteiger partial charge in [-0.1, -0.05) is 40.9 Å². The summed E-state index contributed by atoms with van der Waals surface area (Å²) in [5.41, 5.74) is 2.80. The highest BCUT2D eigenvalue weighted by molar-refractivity contribution is 6.35. The second-order valence-electron chi connectivity index (χ2n) is 6.92. The van der Waals surface area contributed by atoms with E-state index in [4.69, 9.17) is 34.8 Å². The fourth-order valence-electron chi connectivity index (χ4n) is 3.00. The van der Waals surface area contributed by atoms with E-state index >= 15 is 0 Å². The molecule has 0 aliphatic rings. The summed E-state index contributed by atoms with van der Waals surface area (Å²) in [4.78, 5) is 0. The number of aromatic nitrogens is 5. The van der Waals surface area contributed by atoms with Gasteiger partial charge in [0.25, 0.3) is 0 Å². The summed E-state index contributed by atoms with van der Waals surface area (Å²) >= 11 is 18.8. The third kappa shape index (κ3) is 4.87. The normalized spacial score (nSPS) is 11.5. The first-order valence-electron chi connectivity index (χ1n) is 9.11. The van der Waals surface area contributed by atoms with Gasteiger partial charge in [-0.15, -0.1) is 10.2 Å². The van der Waals surface area contributed by atoms with Crippen LogP contribution in [0.5, 0.6) is 0 Å². The molecule has 0 aliphatic heterocycles. The zero-order valence-corrected chi connectivity index (χ0v) is 18.4. The summed E-state index contributed by atoms with van der Waals surface area (Å²) in [6.45, 7) is 8.09. The molecule has 0 saturated carbocycles. The monoisotopic (exact) mass is 440 g/mol. The lowest BCUT2D eigenvalue weighted by Crippen LogP contribution is -2.19. The molecule has 2 heterocycles. The molecule has 0 aliphatic carbocycles. The molecule has 0 atom stereocenters. The molecule has 1 aromatic carbocycles. The summed E-state index contributed by atoms with van der Waals surface area (Å²) in [5.74, 6) is 0.971. The zero-order valence-electron chi connectivity index (χ0n) is 16.1. The van der Waals surface area contributed by atoms with Gasteiger partial charge in [-0.25, -0.2) is 4.68 Å². The molecule has 1 N–H and O–H groups in total. The van der Waals surface area contributed by atoms with E-state index in [9.17, 15) is 0 Å². The Labute approximate surface area is 179 Å². The third-order valence-electron chi connectivity index (χ3n) is 4.55. The second-order valence-corrected chi connectivity index (χ2v) is 8.12. The smallest absolute Gasteiger partial charge is 0.134 e. The number of nitrogens with zero attached hydrogens (tertiary/aromatic N) is 5. The number of benzene rings is 1. The molecule has 2 aromatic heterocycles. The van der Waals surface area contributed by atoms with Crippen molar-refractivity contribution in [2.45, 2.75) is 46.3 Å². The predicted molar refractivity (Wildman–Crippen MR) is 113 cm³/mol. The summed E-state index contributed by atoms with van der Waals surface area (Å²) in [6, 6.07) is 5.77. The van der Waals surface area contributed by atoms with Crippen LogP contribution >= 0.6 is 34.8 Å². The van der Waals surface area contributed by atoms with Crippen LogP contribution in [-0.4, -0.2) is 31.1 Å². The van der Waals surface area contributed by atoms with E-state index in [1.165, 1.54) is 0 Å². The molecule has 0 bridgehead atoms. The highest BCUT2D eigenvalue weighted by Crippen LogP contribution is 2.25. The number of hydrogen-bond donors (Lipinski definition) is 1. The molecule has 0 unspecified atom stereocenters. The van der Waals surface area contributed by atoms with E-state index in [1.54, 1.807) is 17.1 Å². The van der Waals surface area contributed by atoms with Crippen LogP contribution < -0.4 is 5.32 Å². The molecule has 0 amide bonds. The summed E-state index contributed by atoms with van der Waals surface area (Å²) in [5, 5.41) is 18.0. The number of halogens is 3. The highest BCUT2D eigenvalue weighted by Gasteiger charge is 2.15. The Kier molecular flexibility index (Phi) is 6.99. The maximum Gasteiger partial charge on any atom is 0.134 e. The van der Waals surface area contributed by atoms with Crippen LogP contribution in [-0.2, 0) is 19.5 Å². The van der Waals surface area contributed by atoms with E-state index in [0.29, 0.717) is 34.3 Å². The lowest BCUT2D eigenvalue weighted by atomic mass is 10.2. The predicted octanol–water partition coefficient (Wildman–Crippen LogP) is 4.70. The average molecular weight is 442 g/mol. The molecule has 6 nitrogen and oxygen atoms in total. The Bertz CT molecular complexity index is 947. The Balaban J connectivity index is 1.61. The first-order valence-corrected chi connectivity index (χ1v) is 10.2. The van der Waals surface area contributed by atoms with Gasteiger partial charge >= 0.3 is 0 Å².